The molecule has 0 fully saturated rings. The van der Waals surface area contributed by atoms with E-state index in [0.29, 0.717) is 32.0 Å². The molecule has 3 aromatic heterocycles. The summed E-state index contributed by atoms with van der Waals surface area (Å²) in [6.45, 7) is -2.03. The van der Waals surface area contributed by atoms with Gasteiger partial charge in [0.15, 0.2) is 17.1 Å². The highest BCUT2D eigenvalue weighted by atomic mass is 19.4. The molecule has 0 bridgehead atoms. The minimum Gasteiger partial charge on any atom is -0.400 e. The standard InChI is InChI=1S/C13H9BF9N6/c1-14(27-5-2-8(24-27)11(15,16)17,28-6-3-9(25-28)12(18,19)20)29-7-4-10(26-29)13(21,22)23/h2-7H,1H3/q-1. The second-order valence-electron chi connectivity index (χ2n) is 6.16. The maximum atomic E-state index is 12.9. The van der Waals surface area contributed by atoms with E-state index in [9.17, 15) is 39.5 Å². The molecule has 16 heteroatoms. The van der Waals surface area contributed by atoms with Crippen molar-refractivity contribution in [2.45, 2.75) is 25.4 Å². The smallest absolute Gasteiger partial charge is 0.400 e. The summed E-state index contributed by atoms with van der Waals surface area (Å²) in [4.78, 5) is 0. The first kappa shape index (κ1) is 20.8. The minimum atomic E-state index is -4.88. The van der Waals surface area contributed by atoms with Gasteiger partial charge in [-0.1, -0.05) is 0 Å². The van der Waals surface area contributed by atoms with E-state index < -0.39 is 42.2 Å². The highest BCUT2D eigenvalue weighted by Gasteiger charge is 2.40. The zero-order chi connectivity index (χ0) is 21.8. The highest BCUT2D eigenvalue weighted by Crippen LogP contribution is 2.31. The zero-order valence-electron chi connectivity index (χ0n) is 14.1. The first-order chi connectivity index (χ1) is 13.1. The molecule has 0 aliphatic rings. The fourth-order valence-corrected chi connectivity index (χ4v) is 2.65. The molecule has 3 rings (SSSR count). The molecule has 3 aromatic rings. The van der Waals surface area contributed by atoms with Gasteiger partial charge in [0.25, 0.3) is 0 Å². The predicted octanol–water partition coefficient (Wildman–Crippen LogP) is 3.85. The number of halogens is 9. The van der Waals surface area contributed by atoms with Crippen LogP contribution in [0, 0.1) is 0 Å². The van der Waals surface area contributed by atoms with Crippen LogP contribution >= 0.6 is 0 Å². The molecule has 0 aliphatic carbocycles. The monoisotopic (exact) mass is 431 g/mol. The maximum Gasteiger partial charge on any atom is 0.434 e. The van der Waals surface area contributed by atoms with E-state index in [1.165, 1.54) is 0 Å². The minimum absolute atomic E-state index is 0.530. The number of aromatic nitrogens is 6. The molecule has 29 heavy (non-hydrogen) atoms. The fraction of sp³-hybridized carbons (Fsp3) is 0.308. The summed E-state index contributed by atoms with van der Waals surface area (Å²) >= 11 is 0. The molecule has 0 radical (unpaired) electrons. The topological polar surface area (TPSA) is 53.5 Å². The molecule has 0 spiro atoms. The van der Waals surface area contributed by atoms with Gasteiger partial charge >= 0.3 is 25.1 Å². The average Bonchev–Trinajstić information content (AvgIpc) is 3.30. The van der Waals surface area contributed by atoms with Crippen molar-refractivity contribution in [3.63, 3.8) is 0 Å². The molecule has 6 nitrogen and oxygen atoms in total. The summed E-state index contributed by atoms with van der Waals surface area (Å²) in [5, 5.41) is 9.85. The Kier molecular flexibility index (Phi) is 4.50. The van der Waals surface area contributed by atoms with E-state index in [1.54, 1.807) is 0 Å². The number of alkyl halides is 9. The largest absolute Gasteiger partial charge is 0.434 e. The molecular weight excluding hydrogens is 422 g/mol. The Labute approximate surface area is 155 Å². The van der Waals surface area contributed by atoms with Crippen LogP contribution in [0.1, 0.15) is 17.1 Å². The van der Waals surface area contributed by atoms with Crippen molar-refractivity contribution in [3.8, 4) is 0 Å². The second kappa shape index (κ2) is 6.28. The molecule has 3 heterocycles. The van der Waals surface area contributed by atoms with Gasteiger partial charge in [-0.3, -0.25) is 0 Å². The van der Waals surface area contributed by atoms with Crippen molar-refractivity contribution in [3.05, 3.63) is 53.9 Å². The SMILES string of the molecule is C[B-](n1ccc(C(F)(F)F)n1)(n1ccc(C(F)(F)F)n1)n1ccc(C(F)(F)F)n1. The van der Waals surface area contributed by atoms with Gasteiger partial charge in [-0.2, -0.15) is 39.5 Å². The Morgan fingerprint density at radius 2 is 0.828 bits per heavy atom. The van der Waals surface area contributed by atoms with E-state index in [0.717, 1.165) is 25.4 Å². The van der Waals surface area contributed by atoms with Crippen LogP contribution in [0.5, 0.6) is 0 Å². The van der Waals surface area contributed by atoms with Crippen LogP contribution in [0.15, 0.2) is 36.8 Å². The lowest BCUT2D eigenvalue weighted by atomic mass is 9.63. The van der Waals surface area contributed by atoms with Crippen LogP contribution in [-0.2, 0) is 18.5 Å². The Hall–Kier alpha value is -2.94. The van der Waals surface area contributed by atoms with Crippen LogP contribution < -0.4 is 0 Å². The number of hydrogen-bond donors (Lipinski definition) is 0. The van der Waals surface area contributed by atoms with Gasteiger partial charge < -0.3 is 13.8 Å². The van der Waals surface area contributed by atoms with Gasteiger partial charge in [-0.25, -0.2) is 15.3 Å². The molecule has 0 aromatic carbocycles. The van der Waals surface area contributed by atoms with E-state index in [-0.39, 0.29) is 0 Å². The number of rotatable bonds is 3. The highest BCUT2D eigenvalue weighted by molar-refractivity contribution is 6.73. The molecule has 0 atom stereocenters. The first-order valence-electron chi connectivity index (χ1n) is 7.71. The van der Waals surface area contributed by atoms with Crippen molar-refractivity contribution < 1.29 is 39.5 Å². The van der Waals surface area contributed by atoms with Crippen molar-refractivity contribution >= 4 is 6.55 Å². The molecular formula is C13H9BF9N6-. The molecule has 0 saturated carbocycles. The molecule has 0 saturated heterocycles. The van der Waals surface area contributed by atoms with E-state index in [1.807, 2.05) is 0 Å². The van der Waals surface area contributed by atoms with Crippen molar-refractivity contribution in [1.82, 2.24) is 29.1 Å². The Morgan fingerprint density at radius 3 is 1.00 bits per heavy atom. The maximum absolute atomic E-state index is 12.9. The van der Waals surface area contributed by atoms with Crippen LogP contribution in [0.25, 0.3) is 0 Å². The van der Waals surface area contributed by atoms with Gasteiger partial charge in [-0.15, -0.1) is 6.82 Å². The summed E-state index contributed by atoms with van der Waals surface area (Å²) < 4.78 is 118. The predicted molar refractivity (Wildman–Crippen MR) is 79.5 cm³/mol. The van der Waals surface area contributed by atoms with E-state index >= 15 is 0 Å². The third-order valence-electron chi connectivity index (χ3n) is 4.20. The van der Waals surface area contributed by atoms with Crippen LogP contribution in [0.2, 0.25) is 6.82 Å². The summed E-state index contributed by atoms with van der Waals surface area (Å²) in [5.74, 6) is 0. The quantitative estimate of drug-likeness (QED) is 0.468. The summed E-state index contributed by atoms with van der Waals surface area (Å²) in [6, 6.07) is 1.59. The normalized spacial score (nSPS) is 13.9. The number of hydrogen-bond acceptors (Lipinski definition) is 3. The van der Waals surface area contributed by atoms with Crippen molar-refractivity contribution in [2.75, 3.05) is 0 Å². The van der Waals surface area contributed by atoms with E-state index in [4.69, 9.17) is 0 Å². The Bertz CT molecular complexity index is 882. The molecule has 158 valence electrons. The summed E-state index contributed by atoms with van der Waals surface area (Å²) in [5.41, 5.74) is -4.17. The van der Waals surface area contributed by atoms with Gasteiger partial charge in [0.1, 0.15) is 0 Å². The second-order valence-corrected chi connectivity index (χ2v) is 6.16. The number of nitrogens with zero attached hydrogens (tertiary/aromatic N) is 6. The lowest BCUT2D eigenvalue weighted by molar-refractivity contribution is -0.142. The third-order valence-corrected chi connectivity index (χ3v) is 4.20. The average molecular weight is 431 g/mol. The van der Waals surface area contributed by atoms with Crippen molar-refractivity contribution in [1.29, 1.82) is 0 Å². The van der Waals surface area contributed by atoms with Gasteiger partial charge in [0.05, 0.1) is 0 Å². The zero-order valence-corrected chi connectivity index (χ0v) is 14.1. The van der Waals surface area contributed by atoms with Gasteiger partial charge in [0, 0.05) is 0 Å². The fourth-order valence-electron chi connectivity index (χ4n) is 2.65. The summed E-state index contributed by atoms with van der Waals surface area (Å²) in [6.07, 6.45) is -12.3. The summed E-state index contributed by atoms with van der Waals surface area (Å²) in [7, 11) is 0. The van der Waals surface area contributed by atoms with Crippen LogP contribution in [0.4, 0.5) is 39.5 Å². The molecule has 0 N–H and O–H groups in total. The lowest BCUT2D eigenvalue weighted by Crippen LogP contribution is -2.56. The van der Waals surface area contributed by atoms with E-state index in [2.05, 4.69) is 15.3 Å². The van der Waals surface area contributed by atoms with Crippen molar-refractivity contribution in [2.24, 2.45) is 0 Å². The Morgan fingerprint density at radius 1 is 0.586 bits per heavy atom. The molecule has 0 amide bonds. The third kappa shape index (κ3) is 3.70. The first-order valence-corrected chi connectivity index (χ1v) is 7.71. The van der Waals surface area contributed by atoms with Gasteiger partial charge in [-0.05, 0) is 36.8 Å². The van der Waals surface area contributed by atoms with Crippen LogP contribution in [0.3, 0.4) is 0 Å². The Balaban J connectivity index is 2.20. The van der Waals surface area contributed by atoms with Crippen LogP contribution in [-0.4, -0.2) is 35.6 Å². The molecule has 0 aliphatic heterocycles. The molecule has 0 unspecified atom stereocenters. The van der Waals surface area contributed by atoms with Gasteiger partial charge in [0.2, 0.25) is 0 Å². The lowest BCUT2D eigenvalue weighted by Gasteiger charge is -2.38.